The van der Waals surface area contributed by atoms with Gasteiger partial charge in [0.15, 0.2) is 0 Å². The first-order valence-corrected chi connectivity index (χ1v) is 10.4. The fraction of sp³-hybridized carbons (Fsp3) is 0.190. The van der Waals surface area contributed by atoms with Gasteiger partial charge < -0.3 is 9.88 Å². The Morgan fingerprint density at radius 1 is 0.929 bits per heavy atom. The molecule has 2 aromatic carbocycles. The van der Waals surface area contributed by atoms with Gasteiger partial charge >= 0.3 is 0 Å². The van der Waals surface area contributed by atoms with E-state index in [1.54, 1.807) is 24.3 Å². The SMILES string of the molecule is Cc1ccc(C)n1-c1ccc(C(=O)NC(C)c2ccc(S(N)(=O)=O)cc2)cc1. The Bertz CT molecular complexity index is 1080. The minimum Gasteiger partial charge on any atom is -0.346 e. The molecular formula is C21H23N3O3S. The van der Waals surface area contributed by atoms with E-state index in [2.05, 4.69) is 22.0 Å². The Morgan fingerprint density at radius 2 is 1.46 bits per heavy atom. The lowest BCUT2D eigenvalue weighted by Gasteiger charge is -2.15. The Morgan fingerprint density at radius 3 is 1.96 bits per heavy atom. The molecule has 0 fully saturated rings. The molecule has 0 aliphatic heterocycles. The summed E-state index contributed by atoms with van der Waals surface area (Å²) in [5, 5.41) is 8.03. The van der Waals surface area contributed by atoms with Crippen LogP contribution in [-0.4, -0.2) is 18.9 Å². The zero-order valence-electron chi connectivity index (χ0n) is 16.0. The van der Waals surface area contributed by atoms with Crippen molar-refractivity contribution in [2.75, 3.05) is 0 Å². The topological polar surface area (TPSA) is 94.2 Å². The van der Waals surface area contributed by atoms with Crippen LogP contribution in [0.3, 0.4) is 0 Å². The summed E-state index contributed by atoms with van der Waals surface area (Å²) in [5.74, 6) is -0.199. The molecule has 3 aromatic rings. The summed E-state index contributed by atoms with van der Waals surface area (Å²) in [6.07, 6.45) is 0. The smallest absolute Gasteiger partial charge is 0.251 e. The van der Waals surface area contributed by atoms with Crippen molar-refractivity contribution in [3.05, 3.63) is 83.2 Å². The van der Waals surface area contributed by atoms with Gasteiger partial charge in [-0.25, -0.2) is 13.6 Å². The van der Waals surface area contributed by atoms with Crippen molar-refractivity contribution < 1.29 is 13.2 Å². The lowest BCUT2D eigenvalue weighted by molar-refractivity contribution is 0.0940. The number of primary sulfonamides is 1. The number of rotatable bonds is 5. The highest BCUT2D eigenvalue weighted by atomic mass is 32.2. The first-order chi connectivity index (χ1) is 13.2. The average Bonchev–Trinajstić information content (AvgIpc) is 2.99. The number of sulfonamides is 1. The van der Waals surface area contributed by atoms with E-state index < -0.39 is 10.0 Å². The van der Waals surface area contributed by atoms with Gasteiger partial charge in [-0.05, 0) is 74.9 Å². The lowest BCUT2D eigenvalue weighted by Crippen LogP contribution is -2.26. The third-order valence-corrected chi connectivity index (χ3v) is 5.64. The minimum absolute atomic E-state index is 0.0426. The number of hydrogen-bond donors (Lipinski definition) is 2. The largest absolute Gasteiger partial charge is 0.346 e. The zero-order chi connectivity index (χ0) is 20.5. The van der Waals surface area contributed by atoms with Crippen LogP contribution < -0.4 is 10.5 Å². The molecule has 6 nitrogen and oxygen atoms in total. The molecule has 0 aliphatic carbocycles. The zero-order valence-corrected chi connectivity index (χ0v) is 16.8. The molecule has 0 aliphatic rings. The summed E-state index contributed by atoms with van der Waals surface area (Å²) < 4.78 is 24.8. The lowest BCUT2D eigenvalue weighted by atomic mass is 10.1. The van der Waals surface area contributed by atoms with Crippen molar-refractivity contribution in [1.29, 1.82) is 0 Å². The van der Waals surface area contributed by atoms with E-state index in [1.807, 2.05) is 32.9 Å². The third-order valence-electron chi connectivity index (χ3n) is 4.72. The van der Waals surface area contributed by atoms with Crippen molar-refractivity contribution in [1.82, 2.24) is 9.88 Å². The van der Waals surface area contributed by atoms with E-state index in [4.69, 9.17) is 5.14 Å². The fourth-order valence-corrected chi connectivity index (χ4v) is 3.66. The Balaban J connectivity index is 1.72. The number of nitrogens with one attached hydrogen (secondary N) is 1. The summed E-state index contributed by atoms with van der Waals surface area (Å²) in [7, 11) is -3.73. The molecule has 3 N–H and O–H groups in total. The van der Waals surface area contributed by atoms with E-state index in [9.17, 15) is 13.2 Å². The summed E-state index contributed by atoms with van der Waals surface area (Å²) in [6, 6.07) is 17.4. The Labute approximate surface area is 165 Å². The average molecular weight is 398 g/mol. The van der Waals surface area contributed by atoms with Gasteiger partial charge in [0.2, 0.25) is 10.0 Å². The van der Waals surface area contributed by atoms with Gasteiger partial charge in [0.25, 0.3) is 5.91 Å². The molecule has 0 saturated carbocycles. The van der Waals surface area contributed by atoms with Gasteiger partial charge in [0.05, 0.1) is 10.9 Å². The molecule has 0 bridgehead atoms. The van der Waals surface area contributed by atoms with Gasteiger partial charge in [-0.15, -0.1) is 0 Å². The van der Waals surface area contributed by atoms with Crippen LogP contribution in [0.5, 0.6) is 0 Å². The quantitative estimate of drug-likeness (QED) is 0.692. The highest BCUT2D eigenvalue weighted by molar-refractivity contribution is 7.89. The maximum Gasteiger partial charge on any atom is 0.251 e. The molecule has 1 aromatic heterocycles. The van der Waals surface area contributed by atoms with Crippen LogP contribution >= 0.6 is 0 Å². The minimum atomic E-state index is -3.73. The molecule has 3 rings (SSSR count). The number of nitrogens with zero attached hydrogens (tertiary/aromatic N) is 1. The van der Waals surface area contributed by atoms with Gasteiger partial charge in [0.1, 0.15) is 0 Å². The summed E-state index contributed by atoms with van der Waals surface area (Å²) in [5.41, 5.74) is 4.61. The van der Waals surface area contributed by atoms with Gasteiger partial charge in [-0.1, -0.05) is 12.1 Å². The summed E-state index contributed by atoms with van der Waals surface area (Å²) >= 11 is 0. The molecule has 1 amide bonds. The Hall–Kier alpha value is -2.90. The van der Waals surface area contributed by atoms with E-state index in [0.29, 0.717) is 5.56 Å². The maximum absolute atomic E-state index is 12.6. The Kier molecular flexibility index (Phi) is 5.40. The number of amides is 1. The van der Waals surface area contributed by atoms with Crippen LogP contribution in [0.25, 0.3) is 5.69 Å². The van der Waals surface area contributed by atoms with Crippen LogP contribution in [0.1, 0.15) is 40.3 Å². The van der Waals surface area contributed by atoms with Crippen molar-refractivity contribution >= 4 is 15.9 Å². The second-order valence-corrected chi connectivity index (χ2v) is 8.37. The standard InChI is InChI=1S/C21H23N3O3S/c1-14-4-5-15(2)24(14)19-10-6-18(7-11-19)21(25)23-16(3)17-8-12-20(13-9-17)28(22,26)27/h4-13,16H,1-3H3,(H,23,25)(H2,22,26,27). The van der Waals surface area contributed by atoms with Gasteiger partial charge in [0, 0.05) is 22.6 Å². The van der Waals surface area contributed by atoms with Crippen molar-refractivity contribution in [2.24, 2.45) is 5.14 Å². The molecule has 0 saturated heterocycles. The molecule has 1 heterocycles. The highest BCUT2D eigenvalue weighted by Gasteiger charge is 2.14. The predicted octanol–water partition coefficient (Wildman–Crippen LogP) is 3.23. The second kappa shape index (κ2) is 7.61. The van der Waals surface area contributed by atoms with Crippen LogP contribution in [-0.2, 0) is 10.0 Å². The molecule has 1 unspecified atom stereocenters. The molecular weight excluding hydrogens is 374 g/mol. The number of hydrogen-bond acceptors (Lipinski definition) is 3. The number of benzene rings is 2. The van der Waals surface area contributed by atoms with E-state index in [0.717, 1.165) is 22.6 Å². The fourth-order valence-electron chi connectivity index (χ4n) is 3.15. The van der Waals surface area contributed by atoms with Gasteiger partial charge in [-0.3, -0.25) is 4.79 Å². The monoisotopic (exact) mass is 397 g/mol. The van der Waals surface area contributed by atoms with E-state index >= 15 is 0 Å². The molecule has 0 radical (unpaired) electrons. The van der Waals surface area contributed by atoms with Crippen molar-refractivity contribution in [3.8, 4) is 5.69 Å². The third kappa shape index (κ3) is 4.16. The number of nitrogens with two attached hydrogens (primary N) is 1. The summed E-state index contributed by atoms with van der Waals surface area (Å²) in [4.78, 5) is 12.6. The number of aromatic nitrogens is 1. The first kappa shape index (κ1) is 19.9. The molecule has 28 heavy (non-hydrogen) atoms. The predicted molar refractivity (Wildman–Crippen MR) is 109 cm³/mol. The van der Waals surface area contributed by atoms with E-state index in [1.165, 1.54) is 12.1 Å². The van der Waals surface area contributed by atoms with Crippen LogP contribution in [0.2, 0.25) is 0 Å². The molecule has 7 heteroatoms. The van der Waals surface area contributed by atoms with Gasteiger partial charge in [-0.2, -0.15) is 0 Å². The van der Waals surface area contributed by atoms with E-state index in [-0.39, 0.29) is 16.8 Å². The molecule has 1 atom stereocenters. The first-order valence-electron chi connectivity index (χ1n) is 8.86. The van der Waals surface area contributed by atoms with Crippen LogP contribution in [0.15, 0.2) is 65.6 Å². The number of carbonyl (C=O) groups excluding carboxylic acids is 1. The van der Waals surface area contributed by atoms with Crippen LogP contribution in [0, 0.1) is 13.8 Å². The summed E-state index contributed by atoms with van der Waals surface area (Å²) in [6.45, 7) is 5.91. The highest BCUT2D eigenvalue weighted by Crippen LogP contribution is 2.19. The molecule has 146 valence electrons. The molecule has 0 spiro atoms. The number of aryl methyl sites for hydroxylation is 2. The number of carbonyl (C=O) groups is 1. The maximum atomic E-state index is 12.6. The van der Waals surface area contributed by atoms with Crippen LogP contribution in [0.4, 0.5) is 0 Å². The van der Waals surface area contributed by atoms with Crippen molar-refractivity contribution in [2.45, 2.75) is 31.7 Å². The second-order valence-electron chi connectivity index (χ2n) is 6.81. The normalized spacial score (nSPS) is 12.6. The van der Waals surface area contributed by atoms with Crippen molar-refractivity contribution in [3.63, 3.8) is 0 Å².